The van der Waals surface area contributed by atoms with Crippen LogP contribution in [0.15, 0.2) is 53.6 Å². The molecule has 0 unspecified atom stereocenters. The zero-order chi connectivity index (χ0) is 16.7. The lowest BCUT2D eigenvalue weighted by molar-refractivity contribution is -0.138. The lowest BCUT2D eigenvalue weighted by atomic mass is 9.82. The summed E-state index contributed by atoms with van der Waals surface area (Å²) in [5, 5.41) is 2.86. The number of esters is 1. The smallest absolute Gasteiger partial charge is 0.337 e. The van der Waals surface area contributed by atoms with E-state index < -0.39 is 17.2 Å². The predicted molar refractivity (Wildman–Crippen MR) is 84.4 cm³/mol. The van der Waals surface area contributed by atoms with E-state index in [1.54, 1.807) is 19.9 Å². The van der Waals surface area contributed by atoms with Crippen molar-refractivity contribution in [2.24, 2.45) is 0 Å². The number of fused-ring (bicyclic) bond motifs is 2. The molecule has 2 aliphatic rings. The standard InChI is InChI=1S/C18H19NO4/c1-17-9-10-18(2,23-17)14(16(21)22-3)13(17)15(20)19-11-12-7-5-4-6-8-12/h4-10H,11H2,1-3H3,(H,19,20)/t17-,18+/m1/s1. The summed E-state index contributed by atoms with van der Waals surface area (Å²) in [5.41, 5.74) is -0.238. The first-order chi connectivity index (χ1) is 10.9. The molecule has 5 nitrogen and oxygen atoms in total. The minimum atomic E-state index is -0.915. The molecule has 1 aromatic carbocycles. The molecule has 0 spiro atoms. The third-order valence-electron chi connectivity index (χ3n) is 4.30. The van der Waals surface area contributed by atoms with Crippen molar-refractivity contribution >= 4 is 11.9 Å². The number of rotatable bonds is 4. The maximum Gasteiger partial charge on any atom is 0.337 e. The first kappa shape index (κ1) is 15.5. The fourth-order valence-corrected chi connectivity index (χ4v) is 3.20. The average Bonchev–Trinajstić information content (AvgIpc) is 2.99. The molecule has 1 N–H and O–H groups in total. The van der Waals surface area contributed by atoms with E-state index in [1.807, 2.05) is 36.4 Å². The predicted octanol–water partition coefficient (Wildman–Crippen LogP) is 1.89. The normalized spacial score (nSPS) is 28.1. The van der Waals surface area contributed by atoms with Crippen molar-refractivity contribution in [2.45, 2.75) is 31.6 Å². The number of carbonyl (C=O) groups excluding carboxylic acids is 2. The van der Waals surface area contributed by atoms with Crippen LogP contribution in [0.2, 0.25) is 0 Å². The zero-order valence-corrected chi connectivity index (χ0v) is 13.4. The molecule has 120 valence electrons. The van der Waals surface area contributed by atoms with Crippen LogP contribution in [0.3, 0.4) is 0 Å². The van der Waals surface area contributed by atoms with E-state index in [1.165, 1.54) is 7.11 Å². The number of hydrogen-bond acceptors (Lipinski definition) is 4. The van der Waals surface area contributed by atoms with Crippen LogP contribution in [-0.2, 0) is 25.6 Å². The summed E-state index contributed by atoms with van der Waals surface area (Å²) in [5.74, 6) is -0.852. The van der Waals surface area contributed by atoms with Crippen molar-refractivity contribution in [3.63, 3.8) is 0 Å². The van der Waals surface area contributed by atoms with Gasteiger partial charge in [0.25, 0.3) is 5.91 Å². The van der Waals surface area contributed by atoms with Gasteiger partial charge in [-0.3, -0.25) is 4.79 Å². The maximum absolute atomic E-state index is 12.7. The highest BCUT2D eigenvalue weighted by Gasteiger charge is 2.57. The van der Waals surface area contributed by atoms with Crippen LogP contribution in [0.25, 0.3) is 0 Å². The molecule has 2 heterocycles. The number of carbonyl (C=O) groups is 2. The van der Waals surface area contributed by atoms with Crippen LogP contribution in [0.1, 0.15) is 19.4 Å². The first-order valence-electron chi connectivity index (χ1n) is 7.46. The van der Waals surface area contributed by atoms with Crippen LogP contribution >= 0.6 is 0 Å². The second kappa shape index (κ2) is 5.35. The quantitative estimate of drug-likeness (QED) is 0.681. The van der Waals surface area contributed by atoms with Gasteiger partial charge >= 0.3 is 5.97 Å². The number of amides is 1. The number of methoxy groups -OCH3 is 1. The Kier molecular flexibility index (Phi) is 3.60. The van der Waals surface area contributed by atoms with Crippen LogP contribution in [0.4, 0.5) is 0 Å². The molecule has 0 radical (unpaired) electrons. The van der Waals surface area contributed by atoms with Gasteiger partial charge in [0.05, 0.1) is 18.3 Å². The van der Waals surface area contributed by atoms with E-state index in [2.05, 4.69) is 5.32 Å². The summed E-state index contributed by atoms with van der Waals surface area (Å²) in [7, 11) is 1.30. The van der Waals surface area contributed by atoms with Gasteiger partial charge in [-0.25, -0.2) is 4.79 Å². The van der Waals surface area contributed by atoms with E-state index in [0.29, 0.717) is 12.1 Å². The molecule has 1 aromatic rings. The topological polar surface area (TPSA) is 64.6 Å². The lowest BCUT2D eigenvalue weighted by Gasteiger charge is -2.21. The molecule has 2 atom stereocenters. The van der Waals surface area contributed by atoms with Gasteiger partial charge in [-0.2, -0.15) is 0 Å². The second-order valence-electron chi connectivity index (χ2n) is 6.06. The largest absolute Gasteiger partial charge is 0.466 e. The molecule has 0 aromatic heterocycles. The highest BCUT2D eigenvalue weighted by atomic mass is 16.5. The molecular formula is C18H19NO4. The van der Waals surface area contributed by atoms with Crippen molar-refractivity contribution in [3.8, 4) is 0 Å². The molecule has 0 saturated carbocycles. The van der Waals surface area contributed by atoms with Gasteiger partial charge in [0.15, 0.2) is 0 Å². The van der Waals surface area contributed by atoms with Crippen molar-refractivity contribution in [1.29, 1.82) is 0 Å². The van der Waals surface area contributed by atoms with Gasteiger partial charge < -0.3 is 14.8 Å². The SMILES string of the molecule is COC(=O)C1=C(C(=O)NCc2ccccc2)[C@@]2(C)C=C[C@]1(C)O2. The summed E-state index contributed by atoms with van der Waals surface area (Å²) in [6, 6.07) is 9.59. The van der Waals surface area contributed by atoms with Crippen LogP contribution < -0.4 is 5.32 Å². The highest BCUT2D eigenvalue weighted by Crippen LogP contribution is 2.49. The fourth-order valence-electron chi connectivity index (χ4n) is 3.20. The van der Waals surface area contributed by atoms with Gasteiger partial charge in [0, 0.05) is 6.54 Å². The minimum Gasteiger partial charge on any atom is -0.466 e. The summed E-state index contributed by atoms with van der Waals surface area (Å²) < 4.78 is 10.8. The first-order valence-corrected chi connectivity index (χ1v) is 7.46. The van der Waals surface area contributed by atoms with Crippen LogP contribution in [0, 0.1) is 0 Å². The Labute approximate surface area is 135 Å². The molecule has 2 bridgehead atoms. The van der Waals surface area contributed by atoms with E-state index in [9.17, 15) is 9.59 Å². The number of hydrogen-bond donors (Lipinski definition) is 1. The highest BCUT2D eigenvalue weighted by molar-refractivity contribution is 6.07. The van der Waals surface area contributed by atoms with Crippen molar-refractivity contribution in [1.82, 2.24) is 5.32 Å². The summed E-state index contributed by atoms with van der Waals surface area (Å²) in [6.07, 6.45) is 3.62. The number of nitrogens with one attached hydrogen (secondary N) is 1. The summed E-state index contributed by atoms with van der Waals surface area (Å²) in [4.78, 5) is 24.9. The monoisotopic (exact) mass is 313 g/mol. The Morgan fingerprint density at radius 1 is 1.09 bits per heavy atom. The molecule has 23 heavy (non-hydrogen) atoms. The molecule has 0 aliphatic carbocycles. The van der Waals surface area contributed by atoms with Crippen molar-refractivity contribution in [3.05, 3.63) is 59.2 Å². The Bertz CT molecular complexity index is 722. The number of ether oxygens (including phenoxy) is 2. The fraction of sp³-hybridized carbons (Fsp3) is 0.333. The van der Waals surface area contributed by atoms with Crippen LogP contribution in [0.5, 0.6) is 0 Å². The summed E-state index contributed by atoms with van der Waals surface area (Å²) in [6.45, 7) is 3.93. The van der Waals surface area contributed by atoms with Gasteiger partial charge in [-0.05, 0) is 31.6 Å². The average molecular weight is 313 g/mol. The zero-order valence-electron chi connectivity index (χ0n) is 13.4. The Hall–Kier alpha value is -2.40. The van der Waals surface area contributed by atoms with Crippen molar-refractivity contribution in [2.75, 3.05) is 7.11 Å². The maximum atomic E-state index is 12.7. The Morgan fingerprint density at radius 2 is 1.70 bits per heavy atom. The Morgan fingerprint density at radius 3 is 2.30 bits per heavy atom. The van der Waals surface area contributed by atoms with E-state index in [0.717, 1.165) is 5.56 Å². The van der Waals surface area contributed by atoms with Gasteiger partial charge in [-0.15, -0.1) is 0 Å². The lowest BCUT2D eigenvalue weighted by Crippen LogP contribution is -2.35. The van der Waals surface area contributed by atoms with E-state index >= 15 is 0 Å². The van der Waals surface area contributed by atoms with E-state index in [-0.39, 0.29) is 11.5 Å². The van der Waals surface area contributed by atoms with Crippen LogP contribution in [-0.4, -0.2) is 30.2 Å². The molecule has 5 heteroatoms. The third kappa shape index (κ3) is 2.47. The van der Waals surface area contributed by atoms with Gasteiger partial charge in [0.2, 0.25) is 0 Å². The van der Waals surface area contributed by atoms with Crippen molar-refractivity contribution < 1.29 is 19.1 Å². The van der Waals surface area contributed by atoms with E-state index in [4.69, 9.17) is 9.47 Å². The molecule has 0 fully saturated rings. The second-order valence-corrected chi connectivity index (χ2v) is 6.06. The minimum absolute atomic E-state index is 0.274. The molecular weight excluding hydrogens is 294 g/mol. The third-order valence-corrected chi connectivity index (χ3v) is 4.30. The molecule has 0 saturated heterocycles. The molecule has 1 amide bonds. The van der Waals surface area contributed by atoms with Gasteiger partial charge in [0.1, 0.15) is 11.2 Å². The number of benzene rings is 1. The molecule has 2 aliphatic heterocycles. The molecule has 3 rings (SSSR count). The summed E-state index contributed by atoms with van der Waals surface area (Å²) >= 11 is 0. The van der Waals surface area contributed by atoms with Gasteiger partial charge in [-0.1, -0.05) is 30.3 Å². The Balaban J connectivity index is 1.89.